The summed E-state index contributed by atoms with van der Waals surface area (Å²) >= 11 is 5.74. The Bertz CT molecular complexity index is 1410. The van der Waals surface area contributed by atoms with Crippen molar-refractivity contribution in [3.63, 3.8) is 0 Å². The molecule has 1 aliphatic heterocycles. The topological polar surface area (TPSA) is 94.5 Å². The fourth-order valence-corrected chi connectivity index (χ4v) is 4.32. The molecule has 4 aromatic rings. The smallest absolute Gasteiger partial charge is 0.339 e. The largest absolute Gasteiger partial charge is 0.416 e. The molecule has 1 saturated heterocycles. The zero-order valence-corrected chi connectivity index (χ0v) is 19.9. The monoisotopic (exact) mass is 518 g/mol. The third kappa shape index (κ3) is 4.94. The number of aromatic nitrogens is 5. The SMILES string of the molecule is Cc1cc(Nc2nc(N3CCN(C(=O)Cc4ccc(Cl)cc4C(F)(F)F)CC3)nn3cccc23)n[nH]1. The molecule has 0 aliphatic carbocycles. The first-order valence-electron chi connectivity index (χ1n) is 11.2. The summed E-state index contributed by atoms with van der Waals surface area (Å²) in [6, 6.07) is 9.08. The van der Waals surface area contributed by atoms with Crippen molar-refractivity contribution in [1.29, 1.82) is 0 Å². The molecule has 0 atom stereocenters. The molecular weight excluding hydrogens is 497 g/mol. The summed E-state index contributed by atoms with van der Waals surface area (Å²) in [5.41, 5.74) is 0.698. The van der Waals surface area contributed by atoms with Gasteiger partial charge in [-0.15, -0.1) is 5.10 Å². The van der Waals surface area contributed by atoms with Crippen LogP contribution in [0, 0.1) is 6.92 Å². The van der Waals surface area contributed by atoms with E-state index in [1.165, 1.54) is 12.1 Å². The van der Waals surface area contributed by atoms with Crippen molar-refractivity contribution in [3.8, 4) is 0 Å². The lowest BCUT2D eigenvalue weighted by Crippen LogP contribution is -2.49. The number of piperazine rings is 1. The highest BCUT2D eigenvalue weighted by atomic mass is 35.5. The maximum Gasteiger partial charge on any atom is 0.416 e. The maximum absolute atomic E-state index is 13.4. The molecule has 0 bridgehead atoms. The van der Waals surface area contributed by atoms with E-state index in [1.54, 1.807) is 9.42 Å². The summed E-state index contributed by atoms with van der Waals surface area (Å²) < 4.78 is 41.9. The van der Waals surface area contributed by atoms with Gasteiger partial charge in [0.1, 0.15) is 5.52 Å². The van der Waals surface area contributed by atoms with E-state index in [1.807, 2.05) is 36.2 Å². The Labute approximate surface area is 208 Å². The Morgan fingerprint density at radius 2 is 1.94 bits per heavy atom. The highest BCUT2D eigenvalue weighted by Gasteiger charge is 2.34. The van der Waals surface area contributed by atoms with Crippen LogP contribution in [-0.2, 0) is 17.4 Å². The number of carbonyl (C=O) groups excluding carboxylic acids is 1. The van der Waals surface area contributed by atoms with Crippen LogP contribution >= 0.6 is 11.6 Å². The number of rotatable bonds is 5. The summed E-state index contributed by atoms with van der Waals surface area (Å²) in [4.78, 5) is 21.0. The number of aryl methyl sites for hydroxylation is 1. The molecule has 1 fully saturated rings. The minimum Gasteiger partial charge on any atom is -0.339 e. The first-order valence-corrected chi connectivity index (χ1v) is 11.6. The molecule has 9 nitrogen and oxygen atoms in total. The molecule has 2 N–H and O–H groups in total. The minimum absolute atomic E-state index is 0.0249. The summed E-state index contributed by atoms with van der Waals surface area (Å²) in [6.45, 7) is 3.44. The van der Waals surface area contributed by atoms with Gasteiger partial charge in [0, 0.05) is 49.2 Å². The van der Waals surface area contributed by atoms with Gasteiger partial charge in [0.2, 0.25) is 11.9 Å². The zero-order chi connectivity index (χ0) is 25.4. The second kappa shape index (κ2) is 9.34. The van der Waals surface area contributed by atoms with Gasteiger partial charge < -0.3 is 15.1 Å². The lowest BCUT2D eigenvalue weighted by atomic mass is 10.0. The van der Waals surface area contributed by atoms with E-state index >= 15 is 0 Å². The van der Waals surface area contributed by atoms with Gasteiger partial charge in [-0.3, -0.25) is 9.89 Å². The van der Waals surface area contributed by atoms with E-state index in [2.05, 4.69) is 25.6 Å². The third-order valence-electron chi connectivity index (χ3n) is 5.97. The predicted octanol–water partition coefficient (Wildman–Crippen LogP) is 4.07. The molecule has 0 saturated carbocycles. The van der Waals surface area contributed by atoms with Gasteiger partial charge in [0.05, 0.1) is 12.0 Å². The second-order valence-electron chi connectivity index (χ2n) is 8.50. The van der Waals surface area contributed by atoms with Crippen LogP contribution < -0.4 is 10.2 Å². The quantitative estimate of drug-likeness (QED) is 0.414. The lowest BCUT2D eigenvalue weighted by Gasteiger charge is -2.35. The number of H-pyrrole nitrogens is 1. The number of nitrogens with one attached hydrogen (secondary N) is 2. The molecular formula is C23H22ClF3N8O. The number of hydrogen-bond donors (Lipinski definition) is 2. The van der Waals surface area contributed by atoms with Crippen LogP contribution in [0.25, 0.3) is 5.52 Å². The Kier molecular flexibility index (Phi) is 6.20. The first kappa shape index (κ1) is 23.9. The summed E-state index contributed by atoms with van der Waals surface area (Å²) in [5.74, 6) is 1.30. The molecule has 4 heterocycles. The van der Waals surface area contributed by atoms with Crippen LogP contribution in [0.5, 0.6) is 0 Å². The number of amides is 1. The molecule has 1 aliphatic rings. The highest BCUT2D eigenvalue weighted by Crippen LogP contribution is 2.34. The van der Waals surface area contributed by atoms with Gasteiger partial charge in [-0.25, -0.2) is 4.52 Å². The van der Waals surface area contributed by atoms with Crippen molar-refractivity contribution in [2.45, 2.75) is 19.5 Å². The molecule has 1 aromatic carbocycles. The fourth-order valence-electron chi connectivity index (χ4n) is 4.15. The second-order valence-corrected chi connectivity index (χ2v) is 8.94. The molecule has 0 spiro atoms. The highest BCUT2D eigenvalue weighted by molar-refractivity contribution is 6.30. The molecule has 0 unspecified atom stereocenters. The Balaban J connectivity index is 1.29. The van der Waals surface area contributed by atoms with Crippen LogP contribution in [0.4, 0.5) is 30.8 Å². The fraction of sp³-hybridized carbons (Fsp3) is 0.304. The molecule has 1 amide bonds. The third-order valence-corrected chi connectivity index (χ3v) is 6.20. The Morgan fingerprint density at radius 1 is 1.17 bits per heavy atom. The van der Waals surface area contributed by atoms with E-state index in [-0.39, 0.29) is 22.9 Å². The van der Waals surface area contributed by atoms with Gasteiger partial charge in [0.15, 0.2) is 11.6 Å². The van der Waals surface area contributed by atoms with E-state index < -0.39 is 11.7 Å². The molecule has 5 rings (SSSR count). The van der Waals surface area contributed by atoms with Crippen molar-refractivity contribution in [1.82, 2.24) is 29.7 Å². The van der Waals surface area contributed by atoms with Crippen molar-refractivity contribution in [2.75, 3.05) is 36.4 Å². The number of fused-ring (bicyclic) bond motifs is 1. The van der Waals surface area contributed by atoms with Crippen LogP contribution in [0.15, 0.2) is 42.6 Å². The van der Waals surface area contributed by atoms with Crippen LogP contribution in [0.2, 0.25) is 5.02 Å². The number of carbonyl (C=O) groups is 1. The van der Waals surface area contributed by atoms with Gasteiger partial charge in [-0.2, -0.15) is 23.3 Å². The normalized spacial score (nSPS) is 14.5. The van der Waals surface area contributed by atoms with E-state index in [4.69, 9.17) is 11.6 Å². The molecule has 13 heteroatoms. The van der Waals surface area contributed by atoms with Gasteiger partial charge in [-0.1, -0.05) is 17.7 Å². The van der Waals surface area contributed by atoms with Gasteiger partial charge in [0.25, 0.3) is 0 Å². The van der Waals surface area contributed by atoms with Gasteiger partial charge in [-0.05, 0) is 36.8 Å². The summed E-state index contributed by atoms with van der Waals surface area (Å²) in [7, 11) is 0. The van der Waals surface area contributed by atoms with Crippen LogP contribution in [-0.4, -0.2) is 61.8 Å². The predicted molar refractivity (Wildman–Crippen MR) is 129 cm³/mol. The standard InChI is InChI=1S/C23H22ClF3N8O/c1-14-11-19(31-30-14)28-21-18-3-2-6-35(18)32-22(29-21)34-9-7-33(8-10-34)20(36)12-15-4-5-16(24)13-17(15)23(25,26)27/h2-6,11,13H,7-10,12H2,1H3,(H2,28,29,30,31,32). The Morgan fingerprint density at radius 3 is 2.64 bits per heavy atom. The number of alkyl halides is 3. The number of aromatic amines is 1. The molecule has 0 radical (unpaired) electrons. The maximum atomic E-state index is 13.4. The van der Waals surface area contributed by atoms with Crippen molar-refractivity contribution >= 4 is 40.6 Å². The number of halogens is 4. The number of anilines is 3. The minimum atomic E-state index is -4.59. The average Bonchev–Trinajstić information content (AvgIpc) is 3.48. The number of nitrogens with zero attached hydrogens (tertiary/aromatic N) is 6. The van der Waals surface area contributed by atoms with Crippen LogP contribution in [0.1, 0.15) is 16.8 Å². The van der Waals surface area contributed by atoms with Crippen molar-refractivity contribution in [3.05, 3.63) is 64.4 Å². The van der Waals surface area contributed by atoms with Gasteiger partial charge >= 0.3 is 6.18 Å². The average molecular weight is 519 g/mol. The van der Waals surface area contributed by atoms with Crippen LogP contribution in [0.3, 0.4) is 0 Å². The molecule has 36 heavy (non-hydrogen) atoms. The number of hydrogen-bond acceptors (Lipinski definition) is 6. The summed E-state index contributed by atoms with van der Waals surface area (Å²) in [6.07, 6.45) is -3.13. The first-order chi connectivity index (χ1) is 17.2. The van der Waals surface area contributed by atoms with Crippen molar-refractivity contribution in [2.24, 2.45) is 0 Å². The van der Waals surface area contributed by atoms with E-state index in [0.717, 1.165) is 17.3 Å². The Hall–Kier alpha value is -3.80. The molecule has 188 valence electrons. The van der Waals surface area contributed by atoms with E-state index in [9.17, 15) is 18.0 Å². The number of benzene rings is 1. The lowest BCUT2D eigenvalue weighted by molar-refractivity contribution is -0.138. The molecule has 3 aromatic heterocycles. The van der Waals surface area contributed by atoms with E-state index in [0.29, 0.717) is 43.8 Å². The van der Waals surface area contributed by atoms with Crippen molar-refractivity contribution < 1.29 is 18.0 Å². The summed E-state index contributed by atoms with van der Waals surface area (Å²) in [5, 5.41) is 14.8. The zero-order valence-electron chi connectivity index (χ0n) is 19.2.